The molecule has 0 saturated carbocycles. The van der Waals surface area contributed by atoms with Crippen molar-refractivity contribution in [3.63, 3.8) is 0 Å². The Labute approximate surface area is 177 Å². The van der Waals surface area contributed by atoms with E-state index in [2.05, 4.69) is 20.9 Å². The van der Waals surface area contributed by atoms with Gasteiger partial charge in [0.25, 0.3) is 0 Å². The molecule has 0 fully saturated rings. The van der Waals surface area contributed by atoms with Gasteiger partial charge in [-0.15, -0.1) is 0 Å². The number of nitrogens with zero attached hydrogens (tertiary/aromatic N) is 1. The summed E-state index contributed by atoms with van der Waals surface area (Å²) in [6, 6.07) is 11.0. The molecule has 3 aromatic rings. The van der Waals surface area contributed by atoms with Gasteiger partial charge >= 0.3 is 5.97 Å². The van der Waals surface area contributed by atoms with Gasteiger partial charge < -0.3 is 14.6 Å². The summed E-state index contributed by atoms with van der Waals surface area (Å²) >= 11 is 3.39. The molecule has 0 spiro atoms. The molecule has 1 aromatic heterocycles. The van der Waals surface area contributed by atoms with Gasteiger partial charge in [-0.1, -0.05) is 15.9 Å². The summed E-state index contributed by atoms with van der Waals surface area (Å²) in [4.78, 5) is 16.3. The highest BCUT2D eigenvalue weighted by Crippen LogP contribution is 2.36. The summed E-state index contributed by atoms with van der Waals surface area (Å²) < 4.78 is 12.5. The smallest absolute Gasteiger partial charge is 0.336 e. The number of fused-ring (bicyclic) bond motifs is 2. The average molecular weight is 454 g/mol. The first-order valence-corrected chi connectivity index (χ1v) is 10.2. The minimum atomic E-state index is -0.986. The van der Waals surface area contributed by atoms with Gasteiger partial charge in [-0.25, -0.2) is 9.78 Å². The van der Waals surface area contributed by atoms with Crippen molar-refractivity contribution >= 4 is 45.0 Å². The van der Waals surface area contributed by atoms with Crippen molar-refractivity contribution in [2.24, 2.45) is 0 Å². The molecule has 0 radical (unpaired) electrons. The van der Waals surface area contributed by atoms with E-state index in [0.29, 0.717) is 23.2 Å². The maximum Gasteiger partial charge on any atom is 0.336 e. The van der Waals surface area contributed by atoms with Crippen LogP contribution in [0, 0.1) is 0 Å². The number of carbonyl (C=O) groups is 1. The number of halogens is 1. The van der Waals surface area contributed by atoms with Crippen LogP contribution in [0.25, 0.3) is 23.1 Å². The van der Waals surface area contributed by atoms with Crippen LogP contribution >= 0.6 is 15.9 Å². The second-order valence-corrected chi connectivity index (χ2v) is 7.87. The van der Waals surface area contributed by atoms with Crippen LogP contribution in [0.4, 0.5) is 0 Å². The van der Waals surface area contributed by atoms with E-state index in [1.807, 2.05) is 38.1 Å². The molecule has 148 valence electrons. The molecule has 1 unspecified atom stereocenters. The normalized spacial score (nSPS) is 15.5. The minimum Gasteiger partial charge on any atom is -0.493 e. The Morgan fingerprint density at radius 2 is 2.14 bits per heavy atom. The van der Waals surface area contributed by atoms with Crippen LogP contribution < -0.4 is 9.47 Å². The Morgan fingerprint density at radius 1 is 1.31 bits per heavy atom. The molecule has 0 bridgehead atoms. The Bertz CT molecular complexity index is 1140. The van der Waals surface area contributed by atoms with E-state index in [4.69, 9.17) is 9.47 Å². The monoisotopic (exact) mass is 453 g/mol. The molecule has 0 amide bonds. The van der Waals surface area contributed by atoms with Gasteiger partial charge in [0, 0.05) is 27.4 Å². The third kappa shape index (κ3) is 3.98. The number of aromatic carboxylic acids is 1. The molecule has 1 atom stereocenters. The van der Waals surface area contributed by atoms with Crippen LogP contribution in [0.5, 0.6) is 11.5 Å². The highest BCUT2D eigenvalue weighted by molar-refractivity contribution is 9.10. The summed E-state index contributed by atoms with van der Waals surface area (Å²) in [5.74, 6) is 0.659. The molecule has 5 nitrogen and oxygen atoms in total. The second-order valence-electron chi connectivity index (χ2n) is 6.96. The van der Waals surface area contributed by atoms with E-state index in [0.717, 1.165) is 33.5 Å². The Morgan fingerprint density at radius 3 is 2.90 bits per heavy atom. The SMILES string of the molecule is CCOc1cc2c(cc1C=Cc1cc(C(=O)O)c3cc(Br)ccc3n1)OC(C)C2. The topological polar surface area (TPSA) is 68.7 Å². The van der Waals surface area contributed by atoms with Crippen molar-refractivity contribution in [2.75, 3.05) is 6.61 Å². The van der Waals surface area contributed by atoms with Gasteiger partial charge in [-0.05, 0) is 62.4 Å². The van der Waals surface area contributed by atoms with E-state index >= 15 is 0 Å². The third-order valence-electron chi connectivity index (χ3n) is 4.78. The zero-order chi connectivity index (χ0) is 20.5. The molecular weight excluding hydrogens is 434 g/mol. The molecular formula is C23H20BrNO4. The van der Waals surface area contributed by atoms with Crippen molar-refractivity contribution in [2.45, 2.75) is 26.4 Å². The number of hydrogen-bond acceptors (Lipinski definition) is 4. The molecule has 29 heavy (non-hydrogen) atoms. The Hall–Kier alpha value is -2.86. The first-order chi connectivity index (χ1) is 13.9. The lowest BCUT2D eigenvalue weighted by Gasteiger charge is -2.10. The predicted molar refractivity (Wildman–Crippen MR) is 117 cm³/mol. The first-order valence-electron chi connectivity index (χ1n) is 9.42. The van der Waals surface area contributed by atoms with Gasteiger partial charge in [0.1, 0.15) is 17.6 Å². The molecule has 4 rings (SSSR count). The second kappa shape index (κ2) is 7.87. The number of ether oxygens (including phenoxy) is 2. The van der Waals surface area contributed by atoms with Crippen LogP contribution in [0.2, 0.25) is 0 Å². The molecule has 0 saturated heterocycles. The summed E-state index contributed by atoms with van der Waals surface area (Å²) in [5.41, 5.74) is 3.42. The molecule has 2 aromatic carbocycles. The number of carboxylic acid groups (broad SMARTS) is 1. The lowest BCUT2D eigenvalue weighted by Crippen LogP contribution is -2.05. The van der Waals surface area contributed by atoms with Crippen molar-refractivity contribution < 1.29 is 19.4 Å². The van der Waals surface area contributed by atoms with Crippen molar-refractivity contribution in [3.05, 3.63) is 63.3 Å². The van der Waals surface area contributed by atoms with Crippen LogP contribution in [0.3, 0.4) is 0 Å². The predicted octanol–water partition coefficient (Wildman–Crippen LogP) is 5.59. The summed E-state index contributed by atoms with van der Waals surface area (Å²) in [7, 11) is 0. The van der Waals surface area contributed by atoms with E-state index < -0.39 is 5.97 Å². The fraction of sp³-hybridized carbons (Fsp3) is 0.217. The van der Waals surface area contributed by atoms with Crippen molar-refractivity contribution in [1.29, 1.82) is 0 Å². The van der Waals surface area contributed by atoms with E-state index in [1.165, 1.54) is 0 Å². The van der Waals surface area contributed by atoms with Crippen LogP contribution in [0.15, 0.2) is 40.9 Å². The molecule has 1 aliphatic rings. The van der Waals surface area contributed by atoms with E-state index in [9.17, 15) is 9.90 Å². The zero-order valence-corrected chi connectivity index (χ0v) is 17.7. The number of rotatable bonds is 5. The Balaban J connectivity index is 1.76. The van der Waals surface area contributed by atoms with Gasteiger partial charge in [-0.2, -0.15) is 0 Å². The molecule has 6 heteroatoms. The van der Waals surface area contributed by atoms with E-state index in [-0.39, 0.29) is 11.7 Å². The fourth-order valence-corrected chi connectivity index (χ4v) is 3.88. The lowest BCUT2D eigenvalue weighted by atomic mass is 10.0. The highest BCUT2D eigenvalue weighted by Gasteiger charge is 2.21. The first kappa shape index (κ1) is 19.5. The third-order valence-corrected chi connectivity index (χ3v) is 5.28. The lowest BCUT2D eigenvalue weighted by molar-refractivity contribution is 0.0699. The van der Waals surface area contributed by atoms with Crippen molar-refractivity contribution in [1.82, 2.24) is 4.98 Å². The Kier molecular flexibility index (Phi) is 5.28. The standard InChI is InChI=1S/C23H20BrNO4/c1-3-28-21-10-15-8-13(2)29-22(15)9-14(21)4-6-17-12-19(23(26)27)18-11-16(24)5-7-20(18)25-17/h4-7,9-13H,3,8H2,1-2H3,(H,26,27). The van der Waals surface area contributed by atoms with Crippen LogP contribution in [-0.2, 0) is 6.42 Å². The maximum atomic E-state index is 11.7. The summed E-state index contributed by atoms with van der Waals surface area (Å²) in [5, 5.41) is 10.2. The van der Waals surface area contributed by atoms with E-state index in [1.54, 1.807) is 24.3 Å². The van der Waals surface area contributed by atoms with Crippen molar-refractivity contribution in [3.8, 4) is 11.5 Å². The van der Waals surface area contributed by atoms with Gasteiger partial charge in [0.15, 0.2) is 0 Å². The van der Waals surface area contributed by atoms with Crippen LogP contribution in [0.1, 0.15) is 41.0 Å². The quantitative estimate of drug-likeness (QED) is 0.545. The van der Waals surface area contributed by atoms with Gasteiger partial charge in [0.05, 0.1) is 23.4 Å². The molecule has 1 N–H and O–H groups in total. The maximum absolute atomic E-state index is 11.7. The minimum absolute atomic E-state index is 0.151. The number of pyridine rings is 1. The summed E-state index contributed by atoms with van der Waals surface area (Å²) in [6.45, 7) is 4.55. The number of hydrogen-bond donors (Lipinski definition) is 1. The average Bonchev–Trinajstić information content (AvgIpc) is 3.04. The summed E-state index contributed by atoms with van der Waals surface area (Å²) in [6.07, 6.45) is 4.70. The molecule has 0 aliphatic carbocycles. The zero-order valence-electron chi connectivity index (χ0n) is 16.1. The molecule has 1 aliphatic heterocycles. The van der Waals surface area contributed by atoms with Gasteiger partial charge in [0.2, 0.25) is 0 Å². The number of benzene rings is 2. The largest absolute Gasteiger partial charge is 0.493 e. The number of carboxylic acids is 1. The highest BCUT2D eigenvalue weighted by atomic mass is 79.9. The molecule has 2 heterocycles. The number of aromatic nitrogens is 1. The fourth-order valence-electron chi connectivity index (χ4n) is 3.52. The van der Waals surface area contributed by atoms with Gasteiger partial charge in [-0.3, -0.25) is 0 Å². The van der Waals surface area contributed by atoms with Crippen LogP contribution in [-0.4, -0.2) is 28.8 Å².